The number of allylic oxidation sites excluding steroid dienone is 1. The van der Waals surface area contributed by atoms with Crippen LogP contribution in [-0.4, -0.2) is 18.0 Å². The van der Waals surface area contributed by atoms with Gasteiger partial charge in [-0.05, 0) is 24.5 Å². The third-order valence-electron chi connectivity index (χ3n) is 3.80. The smallest absolute Gasteiger partial charge is 0.188 e. The van der Waals surface area contributed by atoms with Crippen molar-refractivity contribution in [2.24, 2.45) is 5.92 Å². The van der Waals surface area contributed by atoms with Gasteiger partial charge in [0.25, 0.3) is 0 Å². The van der Waals surface area contributed by atoms with Gasteiger partial charge in [-0.3, -0.25) is 0 Å². The van der Waals surface area contributed by atoms with Gasteiger partial charge in [0.15, 0.2) is 6.79 Å². The molecule has 0 aliphatic rings. The number of hydrogen-bond donors (Lipinski definition) is 1. The molecular weight excluding hydrogens is 300 g/mol. The van der Waals surface area contributed by atoms with Crippen molar-refractivity contribution in [1.82, 2.24) is 0 Å². The standard InChI is InChI=1S/C21H32O3/c1-3-5-8-14-21(22)20(13-6-4-2)15-16-23-18-24-17-19-11-9-7-10-12-19/h7-12,14-16,20-22H,3-6,13,17-18H2,1-2H3/b14-8+,16-15+/t20-,21-/m1/s1. The summed E-state index contributed by atoms with van der Waals surface area (Å²) in [5.74, 6) is 0.0900. The summed E-state index contributed by atoms with van der Waals surface area (Å²) in [6, 6.07) is 10.0. The van der Waals surface area contributed by atoms with E-state index >= 15 is 0 Å². The number of aliphatic hydroxyl groups excluding tert-OH is 1. The number of hydrogen-bond acceptors (Lipinski definition) is 3. The zero-order valence-electron chi connectivity index (χ0n) is 15.1. The molecule has 0 heterocycles. The first-order chi connectivity index (χ1) is 11.8. The van der Waals surface area contributed by atoms with Crippen LogP contribution in [0.4, 0.5) is 0 Å². The van der Waals surface area contributed by atoms with Gasteiger partial charge in [0, 0.05) is 5.92 Å². The van der Waals surface area contributed by atoms with Crippen molar-refractivity contribution in [3.05, 3.63) is 60.4 Å². The fourth-order valence-electron chi connectivity index (χ4n) is 2.34. The summed E-state index contributed by atoms with van der Waals surface area (Å²) in [6.07, 6.45) is 12.4. The SMILES string of the molecule is CCC/C=C/[C@@H](O)[C@@H](/C=C/OCOCc1ccccc1)CCCC. The van der Waals surface area contributed by atoms with Crippen LogP contribution in [0.1, 0.15) is 51.5 Å². The zero-order chi connectivity index (χ0) is 17.5. The lowest BCUT2D eigenvalue weighted by Crippen LogP contribution is -2.16. The molecule has 0 radical (unpaired) electrons. The van der Waals surface area contributed by atoms with Crippen molar-refractivity contribution < 1.29 is 14.6 Å². The molecule has 0 saturated heterocycles. The van der Waals surface area contributed by atoms with Crippen molar-refractivity contribution in [2.75, 3.05) is 6.79 Å². The molecule has 0 bridgehead atoms. The first kappa shape index (κ1) is 20.5. The van der Waals surface area contributed by atoms with Gasteiger partial charge in [-0.1, -0.05) is 75.6 Å². The molecule has 0 spiro atoms. The van der Waals surface area contributed by atoms with Crippen molar-refractivity contribution >= 4 is 0 Å². The Bertz CT molecular complexity index is 453. The van der Waals surface area contributed by atoms with E-state index in [-0.39, 0.29) is 12.7 Å². The van der Waals surface area contributed by atoms with Crippen LogP contribution in [0.3, 0.4) is 0 Å². The number of rotatable bonds is 13. The summed E-state index contributed by atoms with van der Waals surface area (Å²) in [5, 5.41) is 10.3. The van der Waals surface area contributed by atoms with Crippen LogP contribution in [0.15, 0.2) is 54.8 Å². The van der Waals surface area contributed by atoms with Crippen molar-refractivity contribution in [1.29, 1.82) is 0 Å². The van der Waals surface area contributed by atoms with Gasteiger partial charge in [0.1, 0.15) is 0 Å². The summed E-state index contributed by atoms with van der Waals surface area (Å²) in [7, 11) is 0. The van der Waals surface area contributed by atoms with Gasteiger partial charge >= 0.3 is 0 Å². The lowest BCUT2D eigenvalue weighted by atomic mass is 9.95. The third-order valence-corrected chi connectivity index (χ3v) is 3.80. The summed E-state index contributed by atoms with van der Waals surface area (Å²) in [5.41, 5.74) is 1.13. The van der Waals surface area contributed by atoms with Gasteiger partial charge in [-0.2, -0.15) is 0 Å². The number of benzene rings is 1. The minimum atomic E-state index is -0.451. The Hall–Kier alpha value is -1.58. The zero-order valence-corrected chi connectivity index (χ0v) is 15.1. The van der Waals surface area contributed by atoms with E-state index in [0.717, 1.165) is 37.7 Å². The molecule has 0 aliphatic carbocycles. The fourth-order valence-corrected chi connectivity index (χ4v) is 2.34. The molecule has 0 aliphatic heterocycles. The maximum Gasteiger partial charge on any atom is 0.188 e. The van der Waals surface area contributed by atoms with Gasteiger partial charge < -0.3 is 14.6 Å². The van der Waals surface area contributed by atoms with Crippen LogP contribution in [-0.2, 0) is 16.1 Å². The highest BCUT2D eigenvalue weighted by Gasteiger charge is 2.13. The van der Waals surface area contributed by atoms with Crippen LogP contribution >= 0.6 is 0 Å². The monoisotopic (exact) mass is 332 g/mol. The Morgan fingerprint density at radius 2 is 1.88 bits per heavy atom. The molecule has 0 aromatic heterocycles. The molecule has 3 heteroatoms. The number of ether oxygens (including phenoxy) is 2. The van der Waals surface area contributed by atoms with Gasteiger partial charge in [-0.25, -0.2) is 0 Å². The van der Waals surface area contributed by atoms with Crippen molar-refractivity contribution in [2.45, 2.75) is 58.7 Å². The Morgan fingerprint density at radius 1 is 1.08 bits per heavy atom. The fraction of sp³-hybridized carbons (Fsp3) is 0.524. The van der Waals surface area contributed by atoms with Crippen molar-refractivity contribution in [3.63, 3.8) is 0 Å². The predicted octanol–water partition coefficient (Wildman–Crippen LogP) is 5.21. The van der Waals surface area contributed by atoms with Gasteiger partial charge in [-0.15, -0.1) is 0 Å². The predicted molar refractivity (Wildman–Crippen MR) is 99.4 cm³/mol. The molecular formula is C21H32O3. The molecule has 0 amide bonds. The van der Waals surface area contributed by atoms with Crippen LogP contribution in [0.5, 0.6) is 0 Å². The van der Waals surface area contributed by atoms with Crippen LogP contribution in [0.2, 0.25) is 0 Å². The molecule has 0 unspecified atom stereocenters. The highest BCUT2D eigenvalue weighted by atomic mass is 16.7. The highest BCUT2D eigenvalue weighted by Crippen LogP contribution is 2.16. The lowest BCUT2D eigenvalue weighted by Gasteiger charge is -2.16. The van der Waals surface area contributed by atoms with E-state index in [2.05, 4.69) is 19.9 Å². The van der Waals surface area contributed by atoms with E-state index in [1.165, 1.54) is 0 Å². The average molecular weight is 332 g/mol. The average Bonchev–Trinajstić information content (AvgIpc) is 2.61. The second-order valence-electron chi connectivity index (χ2n) is 5.96. The molecule has 1 N–H and O–H groups in total. The molecule has 1 aromatic carbocycles. The summed E-state index contributed by atoms with van der Waals surface area (Å²) < 4.78 is 10.9. The quantitative estimate of drug-likeness (QED) is 0.233. The summed E-state index contributed by atoms with van der Waals surface area (Å²) >= 11 is 0. The highest BCUT2D eigenvalue weighted by molar-refractivity contribution is 5.13. The molecule has 1 aromatic rings. The van der Waals surface area contributed by atoms with Crippen molar-refractivity contribution in [3.8, 4) is 0 Å². The van der Waals surface area contributed by atoms with Crippen LogP contribution in [0, 0.1) is 5.92 Å². The molecule has 1 rings (SSSR count). The maximum atomic E-state index is 10.3. The van der Waals surface area contributed by atoms with Crippen LogP contribution < -0.4 is 0 Å². The largest absolute Gasteiger partial charge is 0.475 e. The molecule has 2 atom stereocenters. The van der Waals surface area contributed by atoms with E-state index in [0.29, 0.717) is 6.61 Å². The molecule has 24 heavy (non-hydrogen) atoms. The van der Waals surface area contributed by atoms with Gasteiger partial charge in [0.05, 0.1) is 19.0 Å². The molecule has 134 valence electrons. The summed E-state index contributed by atoms with van der Waals surface area (Å²) in [6.45, 7) is 5.05. The molecule has 3 nitrogen and oxygen atoms in total. The summed E-state index contributed by atoms with van der Waals surface area (Å²) in [4.78, 5) is 0. The van der Waals surface area contributed by atoms with Gasteiger partial charge in [0.2, 0.25) is 0 Å². The first-order valence-electron chi connectivity index (χ1n) is 9.02. The molecule has 0 fully saturated rings. The topological polar surface area (TPSA) is 38.7 Å². The van der Waals surface area contributed by atoms with Crippen LogP contribution in [0.25, 0.3) is 0 Å². The third kappa shape index (κ3) is 9.53. The lowest BCUT2D eigenvalue weighted by molar-refractivity contribution is -0.0213. The van der Waals surface area contributed by atoms with E-state index in [4.69, 9.17) is 9.47 Å². The maximum absolute atomic E-state index is 10.3. The Kier molecular flexibility index (Phi) is 11.8. The number of unbranched alkanes of at least 4 members (excludes halogenated alkanes) is 2. The minimum Gasteiger partial charge on any atom is -0.475 e. The number of aliphatic hydroxyl groups is 1. The Balaban J connectivity index is 2.32. The normalized spacial score (nSPS) is 14.3. The first-order valence-corrected chi connectivity index (χ1v) is 9.02. The van der Waals surface area contributed by atoms with E-state index < -0.39 is 6.10 Å². The minimum absolute atomic E-state index is 0.0900. The van der Waals surface area contributed by atoms with E-state index in [1.807, 2.05) is 42.5 Å². The van der Waals surface area contributed by atoms with E-state index in [9.17, 15) is 5.11 Å². The molecule has 0 saturated carbocycles. The Labute approximate surface area is 147 Å². The second-order valence-corrected chi connectivity index (χ2v) is 5.96. The second kappa shape index (κ2) is 13.8. The Morgan fingerprint density at radius 3 is 2.58 bits per heavy atom. The van der Waals surface area contributed by atoms with E-state index in [1.54, 1.807) is 6.26 Å².